The van der Waals surface area contributed by atoms with Gasteiger partial charge >= 0.3 is 0 Å². The third-order valence-electron chi connectivity index (χ3n) is 3.68. The standard InChI is InChI=1S/C14H20N2O3/c1-9(17)10-5-6-16(8-10)14(18)12-4-3-11(19-2)7-13(12)15/h3-4,7,9-10,17H,5-6,8,15H2,1-2H3. The number of benzene rings is 1. The summed E-state index contributed by atoms with van der Waals surface area (Å²) in [6, 6.07) is 5.06. The van der Waals surface area contributed by atoms with Gasteiger partial charge in [0.2, 0.25) is 0 Å². The highest BCUT2D eigenvalue weighted by atomic mass is 16.5. The minimum atomic E-state index is -0.383. The maximum atomic E-state index is 12.4. The van der Waals surface area contributed by atoms with Crippen LogP contribution in [0.5, 0.6) is 5.75 Å². The van der Waals surface area contributed by atoms with E-state index >= 15 is 0 Å². The second kappa shape index (κ2) is 5.48. The number of hydrogen-bond donors (Lipinski definition) is 2. The average molecular weight is 264 g/mol. The van der Waals surface area contributed by atoms with E-state index < -0.39 is 0 Å². The van der Waals surface area contributed by atoms with E-state index in [0.29, 0.717) is 30.1 Å². The van der Waals surface area contributed by atoms with E-state index in [2.05, 4.69) is 0 Å². The Hall–Kier alpha value is -1.75. The van der Waals surface area contributed by atoms with Gasteiger partial charge in [-0.3, -0.25) is 4.79 Å². The summed E-state index contributed by atoms with van der Waals surface area (Å²) in [4.78, 5) is 14.1. The molecule has 19 heavy (non-hydrogen) atoms. The number of nitrogens with two attached hydrogens (primary N) is 1. The number of amides is 1. The van der Waals surface area contributed by atoms with Gasteiger partial charge in [0.05, 0.1) is 18.8 Å². The van der Waals surface area contributed by atoms with Crippen molar-refractivity contribution in [3.63, 3.8) is 0 Å². The Labute approximate surface area is 113 Å². The monoisotopic (exact) mass is 264 g/mol. The van der Waals surface area contributed by atoms with Crippen LogP contribution in [0.15, 0.2) is 18.2 Å². The van der Waals surface area contributed by atoms with E-state index in [1.54, 1.807) is 37.1 Å². The van der Waals surface area contributed by atoms with Gasteiger partial charge in [0, 0.05) is 30.8 Å². The number of nitrogens with zero attached hydrogens (tertiary/aromatic N) is 1. The quantitative estimate of drug-likeness (QED) is 0.802. The second-order valence-electron chi connectivity index (χ2n) is 4.99. The first-order valence-electron chi connectivity index (χ1n) is 6.43. The van der Waals surface area contributed by atoms with Crippen LogP contribution in [0.2, 0.25) is 0 Å². The van der Waals surface area contributed by atoms with Crippen LogP contribution < -0.4 is 10.5 Å². The zero-order chi connectivity index (χ0) is 14.0. The van der Waals surface area contributed by atoms with Gasteiger partial charge < -0.3 is 20.5 Å². The highest BCUT2D eigenvalue weighted by Gasteiger charge is 2.30. The topological polar surface area (TPSA) is 75.8 Å². The molecule has 0 saturated carbocycles. The van der Waals surface area contributed by atoms with Crippen molar-refractivity contribution < 1.29 is 14.6 Å². The molecule has 2 rings (SSSR count). The number of ether oxygens (including phenoxy) is 1. The molecule has 0 bridgehead atoms. The summed E-state index contributed by atoms with van der Waals surface area (Å²) in [7, 11) is 1.56. The number of anilines is 1. The number of carbonyl (C=O) groups is 1. The van der Waals surface area contributed by atoms with Crippen molar-refractivity contribution in [1.82, 2.24) is 4.90 Å². The second-order valence-corrected chi connectivity index (χ2v) is 4.99. The average Bonchev–Trinajstić information content (AvgIpc) is 2.87. The van der Waals surface area contributed by atoms with E-state index in [4.69, 9.17) is 10.5 Å². The van der Waals surface area contributed by atoms with Crippen LogP contribution in [0, 0.1) is 5.92 Å². The molecule has 1 heterocycles. The summed E-state index contributed by atoms with van der Waals surface area (Å²) in [5, 5.41) is 9.57. The number of carbonyl (C=O) groups excluding carboxylic acids is 1. The van der Waals surface area contributed by atoms with E-state index in [1.807, 2.05) is 0 Å². The maximum absolute atomic E-state index is 12.4. The molecule has 1 aromatic rings. The normalized spacial score (nSPS) is 20.4. The molecule has 0 aliphatic carbocycles. The Morgan fingerprint density at radius 3 is 2.84 bits per heavy atom. The minimum Gasteiger partial charge on any atom is -0.497 e. The molecule has 1 aromatic carbocycles. The molecule has 2 atom stereocenters. The molecule has 0 spiro atoms. The molecule has 104 valence electrons. The number of aliphatic hydroxyl groups excluding tert-OH is 1. The lowest BCUT2D eigenvalue weighted by atomic mass is 10.0. The zero-order valence-corrected chi connectivity index (χ0v) is 11.3. The molecule has 5 heteroatoms. The van der Waals surface area contributed by atoms with Crippen molar-refractivity contribution in [2.24, 2.45) is 5.92 Å². The van der Waals surface area contributed by atoms with Crippen molar-refractivity contribution in [1.29, 1.82) is 0 Å². The molecule has 2 unspecified atom stereocenters. The minimum absolute atomic E-state index is 0.0803. The van der Waals surface area contributed by atoms with Crippen molar-refractivity contribution >= 4 is 11.6 Å². The Kier molecular flexibility index (Phi) is 3.95. The smallest absolute Gasteiger partial charge is 0.255 e. The van der Waals surface area contributed by atoms with Crippen LogP contribution in [0.4, 0.5) is 5.69 Å². The number of likely N-dealkylation sites (tertiary alicyclic amines) is 1. The highest BCUT2D eigenvalue weighted by Crippen LogP contribution is 2.25. The first kappa shape index (κ1) is 13.7. The van der Waals surface area contributed by atoms with Gasteiger partial charge in [0.15, 0.2) is 0 Å². The van der Waals surface area contributed by atoms with E-state index in [9.17, 15) is 9.90 Å². The summed E-state index contributed by atoms with van der Waals surface area (Å²) in [5.41, 5.74) is 6.80. The maximum Gasteiger partial charge on any atom is 0.255 e. The van der Waals surface area contributed by atoms with Gasteiger partial charge in [-0.2, -0.15) is 0 Å². The predicted molar refractivity (Wildman–Crippen MR) is 73.1 cm³/mol. The lowest BCUT2D eigenvalue weighted by Gasteiger charge is -2.19. The van der Waals surface area contributed by atoms with Gasteiger partial charge in [0.25, 0.3) is 5.91 Å². The van der Waals surface area contributed by atoms with Crippen LogP contribution in [-0.4, -0.2) is 42.2 Å². The number of rotatable bonds is 3. The van der Waals surface area contributed by atoms with Crippen LogP contribution in [0.1, 0.15) is 23.7 Å². The first-order chi connectivity index (χ1) is 9.02. The molecule has 1 aliphatic heterocycles. The third-order valence-corrected chi connectivity index (χ3v) is 3.68. The Morgan fingerprint density at radius 1 is 1.58 bits per heavy atom. The lowest BCUT2D eigenvalue weighted by molar-refractivity contribution is 0.0763. The predicted octanol–water partition coefficient (Wildman–Crippen LogP) is 1.12. The number of hydrogen-bond acceptors (Lipinski definition) is 4. The van der Waals surface area contributed by atoms with Crippen LogP contribution in [0.3, 0.4) is 0 Å². The summed E-state index contributed by atoms with van der Waals surface area (Å²) in [5.74, 6) is 0.712. The molecular weight excluding hydrogens is 244 g/mol. The number of aliphatic hydroxyl groups is 1. The molecule has 1 saturated heterocycles. The fourth-order valence-corrected chi connectivity index (χ4v) is 2.40. The Morgan fingerprint density at radius 2 is 2.32 bits per heavy atom. The van der Waals surface area contributed by atoms with E-state index in [0.717, 1.165) is 6.42 Å². The van der Waals surface area contributed by atoms with Crippen molar-refractivity contribution in [3.05, 3.63) is 23.8 Å². The summed E-state index contributed by atoms with van der Waals surface area (Å²) in [6.07, 6.45) is 0.449. The number of methoxy groups -OCH3 is 1. The van der Waals surface area contributed by atoms with E-state index in [1.165, 1.54) is 0 Å². The summed E-state index contributed by atoms with van der Waals surface area (Å²) in [6.45, 7) is 3.02. The Balaban J connectivity index is 2.12. The molecule has 5 nitrogen and oxygen atoms in total. The van der Waals surface area contributed by atoms with Gasteiger partial charge in [0.1, 0.15) is 5.75 Å². The van der Waals surface area contributed by atoms with Gasteiger partial charge in [-0.15, -0.1) is 0 Å². The molecule has 0 aromatic heterocycles. The van der Waals surface area contributed by atoms with Gasteiger partial charge in [-0.25, -0.2) is 0 Å². The van der Waals surface area contributed by atoms with Crippen LogP contribution in [0.25, 0.3) is 0 Å². The fraction of sp³-hybridized carbons (Fsp3) is 0.500. The van der Waals surface area contributed by atoms with Crippen LogP contribution >= 0.6 is 0 Å². The summed E-state index contributed by atoms with van der Waals surface area (Å²) < 4.78 is 5.07. The zero-order valence-electron chi connectivity index (χ0n) is 11.3. The molecule has 1 aliphatic rings. The van der Waals surface area contributed by atoms with Crippen molar-refractivity contribution in [2.75, 3.05) is 25.9 Å². The lowest BCUT2D eigenvalue weighted by Crippen LogP contribution is -2.30. The molecular formula is C14H20N2O3. The van der Waals surface area contributed by atoms with E-state index in [-0.39, 0.29) is 17.9 Å². The highest BCUT2D eigenvalue weighted by molar-refractivity contribution is 5.99. The molecule has 0 radical (unpaired) electrons. The van der Waals surface area contributed by atoms with Gasteiger partial charge in [-0.1, -0.05) is 0 Å². The Bertz CT molecular complexity index is 474. The fourth-order valence-electron chi connectivity index (χ4n) is 2.40. The number of nitrogen functional groups attached to an aromatic ring is 1. The first-order valence-corrected chi connectivity index (χ1v) is 6.43. The van der Waals surface area contributed by atoms with Crippen LogP contribution in [-0.2, 0) is 0 Å². The van der Waals surface area contributed by atoms with Crippen molar-refractivity contribution in [2.45, 2.75) is 19.4 Å². The summed E-state index contributed by atoms with van der Waals surface area (Å²) >= 11 is 0. The molecule has 3 N–H and O–H groups in total. The SMILES string of the molecule is COc1ccc(C(=O)N2CCC(C(C)O)C2)c(N)c1. The molecule has 1 fully saturated rings. The third kappa shape index (κ3) is 2.81. The van der Waals surface area contributed by atoms with Crippen molar-refractivity contribution in [3.8, 4) is 5.75 Å². The largest absolute Gasteiger partial charge is 0.497 e. The van der Waals surface area contributed by atoms with Gasteiger partial charge in [-0.05, 0) is 25.5 Å². The molecule has 1 amide bonds.